The molecule has 5 heteroatoms. The number of nitrogens with one attached hydrogen (secondary N) is 1. The van der Waals surface area contributed by atoms with E-state index in [9.17, 15) is 9.59 Å². The van der Waals surface area contributed by atoms with Crippen LogP contribution >= 0.6 is 0 Å². The Morgan fingerprint density at radius 2 is 2.39 bits per heavy atom. The molecule has 0 radical (unpaired) electrons. The number of pyridine rings is 1. The highest BCUT2D eigenvalue weighted by molar-refractivity contribution is 5.93. The van der Waals surface area contributed by atoms with E-state index in [4.69, 9.17) is 4.74 Å². The summed E-state index contributed by atoms with van der Waals surface area (Å²) in [5, 5.41) is 0. The first kappa shape index (κ1) is 12.8. The van der Waals surface area contributed by atoms with E-state index < -0.39 is 0 Å². The van der Waals surface area contributed by atoms with Gasteiger partial charge in [0.15, 0.2) is 0 Å². The van der Waals surface area contributed by atoms with E-state index in [-0.39, 0.29) is 17.6 Å². The third-order valence-corrected chi connectivity index (χ3v) is 3.15. The molecule has 0 bridgehead atoms. The summed E-state index contributed by atoms with van der Waals surface area (Å²) in [4.78, 5) is 27.5. The van der Waals surface area contributed by atoms with Crippen molar-refractivity contribution in [3.63, 3.8) is 0 Å². The number of rotatable bonds is 4. The number of likely N-dealkylation sites (N-methyl/N-ethyl adjacent to an activating group) is 1. The molecule has 1 saturated heterocycles. The lowest BCUT2D eigenvalue weighted by atomic mass is 10.2. The minimum Gasteiger partial charge on any atom is -0.376 e. The van der Waals surface area contributed by atoms with Gasteiger partial charge in [0.2, 0.25) is 5.56 Å². The average Bonchev–Trinajstić information content (AvgIpc) is 2.89. The highest BCUT2D eigenvalue weighted by Crippen LogP contribution is 2.14. The molecule has 98 valence electrons. The maximum atomic E-state index is 12.2. The molecule has 1 amide bonds. The maximum Gasteiger partial charge on any atom is 0.255 e. The zero-order chi connectivity index (χ0) is 13.0. The van der Waals surface area contributed by atoms with Crippen LogP contribution in [-0.4, -0.2) is 41.6 Å². The van der Waals surface area contributed by atoms with E-state index in [1.54, 1.807) is 11.0 Å². The Labute approximate surface area is 106 Å². The lowest BCUT2D eigenvalue weighted by Gasteiger charge is -2.23. The largest absolute Gasteiger partial charge is 0.376 e. The van der Waals surface area contributed by atoms with E-state index in [1.165, 1.54) is 12.3 Å². The molecule has 1 aliphatic rings. The van der Waals surface area contributed by atoms with Gasteiger partial charge < -0.3 is 14.6 Å². The lowest BCUT2D eigenvalue weighted by Crippen LogP contribution is -2.37. The molecule has 2 rings (SSSR count). The van der Waals surface area contributed by atoms with Gasteiger partial charge >= 0.3 is 0 Å². The van der Waals surface area contributed by atoms with Crippen LogP contribution in [0.5, 0.6) is 0 Å². The Hall–Kier alpha value is -1.62. The van der Waals surface area contributed by atoms with Crippen molar-refractivity contribution in [2.75, 3.05) is 19.7 Å². The van der Waals surface area contributed by atoms with Gasteiger partial charge in [-0.05, 0) is 25.8 Å². The van der Waals surface area contributed by atoms with Crippen molar-refractivity contribution in [3.05, 3.63) is 34.2 Å². The van der Waals surface area contributed by atoms with Gasteiger partial charge in [0.1, 0.15) is 0 Å². The van der Waals surface area contributed by atoms with E-state index >= 15 is 0 Å². The molecule has 0 aliphatic carbocycles. The third-order valence-electron chi connectivity index (χ3n) is 3.15. The van der Waals surface area contributed by atoms with Crippen LogP contribution in [0.25, 0.3) is 0 Å². The Morgan fingerprint density at radius 1 is 1.56 bits per heavy atom. The summed E-state index contributed by atoms with van der Waals surface area (Å²) in [6.45, 7) is 3.99. The van der Waals surface area contributed by atoms with Crippen molar-refractivity contribution < 1.29 is 9.53 Å². The molecule has 1 aromatic rings. The minimum absolute atomic E-state index is 0.0655. The van der Waals surface area contributed by atoms with Crippen LogP contribution in [0, 0.1) is 0 Å². The molecular weight excluding hydrogens is 232 g/mol. The van der Waals surface area contributed by atoms with Crippen LogP contribution in [0.3, 0.4) is 0 Å². The van der Waals surface area contributed by atoms with Crippen molar-refractivity contribution in [2.24, 2.45) is 0 Å². The highest BCUT2D eigenvalue weighted by atomic mass is 16.5. The third kappa shape index (κ3) is 2.98. The number of ether oxygens (including phenoxy) is 1. The Balaban J connectivity index is 2.04. The van der Waals surface area contributed by atoms with Gasteiger partial charge in [-0.25, -0.2) is 0 Å². The van der Waals surface area contributed by atoms with Crippen molar-refractivity contribution in [1.29, 1.82) is 0 Å². The van der Waals surface area contributed by atoms with Crippen molar-refractivity contribution in [2.45, 2.75) is 25.9 Å². The van der Waals surface area contributed by atoms with E-state index in [0.717, 1.165) is 19.4 Å². The van der Waals surface area contributed by atoms with Gasteiger partial charge in [0.25, 0.3) is 5.91 Å². The normalized spacial score (nSPS) is 18.8. The van der Waals surface area contributed by atoms with Crippen molar-refractivity contribution in [3.8, 4) is 0 Å². The first-order chi connectivity index (χ1) is 8.70. The fourth-order valence-corrected chi connectivity index (χ4v) is 2.12. The summed E-state index contributed by atoms with van der Waals surface area (Å²) in [6, 6.07) is 2.92. The molecular formula is C13H18N2O3. The van der Waals surface area contributed by atoms with Crippen molar-refractivity contribution in [1.82, 2.24) is 9.88 Å². The van der Waals surface area contributed by atoms with Gasteiger partial charge in [-0.2, -0.15) is 0 Å². The van der Waals surface area contributed by atoms with Crippen LogP contribution in [0.4, 0.5) is 0 Å². The van der Waals surface area contributed by atoms with Gasteiger partial charge in [-0.1, -0.05) is 0 Å². The zero-order valence-electron chi connectivity index (χ0n) is 10.5. The number of amides is 1. The average molecular weight is 250 g/mol. The second kappa shape index (κ2) is 5.82. The zero-order valence-corrected chi connectivity index (χ0v) is 10.5. The summed E-state index contributed by atoms with van der Waals surface area (Å²) in [6.07, 6.45) is 3.68. The van der Waals surface area contributed by atoms with Crippen LogP contribution in [0.2, 0.25) is 0 Å². The number of nitrogens with zero attached hydrogens (tertiary/aromatic N) is 1. The molecule has 0 aromatic carbocycles. The molecule has 0 saturated carbocycles. The molecule has 0 spiro atoms. The van der Waals surface area contributed by atoms with E-state index in [0.29, 0.717) is 18.7 Å². The smallest absolute Gasteiger partial charge is 0.255 e. The Bertz CT molecular complexity index is 443. The van der Waals surface area contributed by atoms with Crippen LogP contribution < -0.4 is 5.56 Å². The van der Waals surface area contributed by atoms with Gasteiger partial charge in [0.05, 0.1) is 11.7 Å². The molecule has 2 heterocycles. The SMILES string of the molecule is CCN(CC1CCCO1)C(=O)c1ccc(=O)[nH]c1. The van der Waals surface area contributed by atoms with Gasteiger partial charge in [-0.3, -0.25) is 9.59 Å². The number of carbonyl (C=O) groups is 1. The molecule has 18 heavy (non-hydrogen) atoms. The molecule has 5 nitrogen and oxygen atoms in total. The van der Waals surface area contributed by atoms with E-state index in [1.807, 2.05) is 6.92 Å². The topological polar surface area (TPSA) is 62.4 Å². The number of aromatic nitrogens is 1. The predicted octanol–water partition coefficient (Wildman–Crippen LogP) is 1.02. The predicted molar refractivity (Wildman–Crippen MR) is 67.6 cm³/mol. The number of hydrogen-bond donors (Lipinski definition) is 1. The van der Waals surface area contributed by atoms with Crippen LogP contribution in [0.15, 0.2) is 23.1 Å². The fourth-order valence-electron chi connectivity index (χ4n) is 2.12. The summed E-state index contributed by atoms with van der Waals surface area (Å²) in [5.74, 6) is -0.0655. The summed E-state index contributed by atoms with van der Waals surface area (Å²) >= 11 is 0. The van der Waals surface area contributed by atoms with Gasteiger partial charge in [0, 0.05) is 32.0 Å². The Morgan fingerprint density at radius 3 is 2.94 bits per heavy atom. The molecule has 1 aliphatic heterocycles. The standard InChI is InChI=1S/C13H18N2O3/c1-2-15(9-11-4-3-7-18-11)13(17)10-5-6-12(16)14-8-10/h5-6,8,11H,2-4,7,9H2,1H3,(H,14,16). The second-order valence-corrected chi connectivity index (χ2v) is 4.42. The monoisotopic (exact) mass is 250 g/mol. The number of carbonyl (C=O) groups excluding carboxylic acids is 1. The van der Waals surface area contributed by atoms with Crippen molar-refractivity contribution >= 4 is 5.91 Å². The first-order valence-electron chi connectivity index (χ1n) is 6.30. The molecule has 1 unspecified atom stereocenters. The first-order valence-corrected chi connectivity index (χ1v) is 6.30. The quantitative estimate of drug-likeness (QED) is 0.867. The second-order valence-electron chi connectivity index (χ2n) is 4.42. The summed E-state index contributed by atoms with van der Waals surface area (Å²) < 4.78 is 5.54. The fraction of sp³-hybridized carbons (Fsp3) is 0.538. The number of hydrogen-bond acceptors (Lipinski definition) is 3. The number of H-pyrrole nitrogens is 1. The summed E-state index contributed by atoms with van der Waals surface area (Å²) in [7, 11) is 0. The molecule has 1 N–H and O–H groups in total. The van der Waals surface area contributed by atoms with Crippen LogP contribution in [0.1, 0.15) is 30.1 Å². The molecule has 1 fully saturated rings. The van der Waals surface area contributed by atoms with Crippen LogP contribution in [-0.2, 0) is 4.74 Å². The highest BCUT2D eigenvalue weighted by Gasteiger charge is 2.22. The minimum atomic E-state index is -0.200. The molecule has 1 atom stereocenters. The van der Waals surface area contributed by atoms with E-state index in [2.05, 4.69) is 4.98 Å². The lowest BCUT2D eigenvalue weighted by molar-refractivity contribution is 0.0539. The summed E-state index contributed by atoms with van der Waals surface area (Å²) in [5.41, 5.74) is 0.308. The maximum absolute atomic E-state index is 12.2. The van der Waals surface area contributed by atoms with Gasteiger partial charge in [-0.15, -0.1) is 0 Å². The Kier molecular flexibility index (Phi) is 4.15. The number of aromatic amines is 1. The molecule has 1 aromatic heterocycles.